The summed E-state index contributed by atoms with van der Waals surface area (Å²) in [6, 6.07) is 0. The van der Waals surface area contributed by atoms with Gasteiger partial charge in [-0.2, -0.15) is 15.0 Å². The number of nitrogens with zero attached hydrogens (tertiary/aromatic N) is 7. The van der Waals surface area contributed by atoms with Gasteiger partial charge in [0.1, 0.15) is 31.1 Å². The van der Waals surface area contributed by atoms with Gasteiger partial charge in [0.25, 0.3) is 5.56 Å². The zero-order valence-corrected chi connectivity index (χ0v) is 25.2. The average Bonchev–Trinajstić information content (AvgIpc) is 3.69. The normalized spacial score (nSPS) is 22.8. The number of nitrogens with two attached hydrogens (primary N) is 2. The number of anilines is 2. The molecule has 0 bridgehead atoms. The third-order valence-corrected chi connectivity index (χ3v) is 8.06. The van der Waals surface area contributed by atoms with Crippen LogP contribution >= 0.6 is 27.2 Å². The van der Waals surface area contributed by atoms with E-state index in [2.05, 4.69) is 29.9 Å². The number of hydrogen-bond donors (Lipinski definition) is 3. The smallest absolute Gasteiger partial charge is 0.340 e. The summed E-state index contributed by atoms with van der Waals surface area (Å²) in [5.74, 6) is 0.136. The Morgan fingerprint density at radius 3 is 1.98 bits per heavy atom. The van der Waals surface area contributed by atoms with Gasteiger partial charge in [-0.1, -0.05) is 20.7 Å². The van der Waals surface area contributed by atoms with Crippen molar-refractivity contribution < 1.29 is 28.1 Å². The fraction of sp³-hybridized carbons (Fsp3) is 0.545. The summed E-state index contributed by atoms with van der Waals surface area (Å²) >= 11 is 5.98. The van der Waals surface area contributed by atoms with Crippen molar-refractivity contribution in [3.05, 3.63) is 28.2 Å². The second kappa shape index (κ2) is 13.0. The molecule has 4 unspecified atom stereocenters. The first kappa shape index (κ1) is 30.3. The van der Waals surface area contributed by atoms with Crippen LogP contribution in [0.25, 0.3) is 22.3 Å². The molecule has 2 aliphatic rings. The minimum Gasteiger partial charge on any atom is -0.369 e. The minimum absolute atomic E-state index is 0.0405. The number of H-pyrrole nitrogens is 1. The number of hydrogen-bond acceptors (Lipinski definition) is 14. The molecule has 4 aromatic rings. The van der Waals surface area contributed by atoms with Crippen LogP contribution in [-0.2, 0) is 41.2 Å². The van der Waals surface area contributed by atoms with Gasteiger partial charge >= 0.3 is 15.6 Å². The quantitative estimate of drug-likeness (QED) is 0.181. The molecular weight excluding hydrogens is 614 g/mol. The molecule has 6 atom stereocenters. The third kappa shape index (κ3) is 7.24. The molecule has 224 valence electrons. The molecule has 2 fully saturated rings. The second-order valence-electron chi connectivity index (χ2n) is 9.62. The summed E-state index contributed by atoms with van der Waals surface area (Å²) in [4.78, 5) is 34.4. The summed E-state index contributed by atoms with van der Waals surface area (Å²) in [5, 5.41) is 0.223. The number of fused-ring (bicyclic) bond motifs is 2. The van der Waals surface area contributed by atoms with Gasteiger partial charge in [-0.3, -0.25) is 9.78 Å². The molecule has 17 nitrogen and oxygen atoms in total. The molecule has 0 aromatic carbocycles. The van der Waals surface area contributed by atoms with Crippen molar-refractivity contribution in [1.29, 1.82) is 0 Å². The Balaban J connectivity index is 0.000000168. The average molecular weight is 643 g/mol. The van der Waals surface area contributed by atoms with Gasteiger partial charge in [-0.05, 0) is 0 Å². The molecule has 6 heterocycles. The predicted octanol–water partition coefficient (Wildman–Crippen LogP) is 1.16. The van der Waals surface area contributed by atoms with Crippen LogP contribution in [-0.4, -0.2) is 103 Å². The van der Waals surface area contributed by atoms with E-state index in [1.165, 1.54) is 6.33 Å². The molecule has 2 saturated heterocycles. The summed E-state index contributed by atoms with van der Waals surface area (Å²) in [6.45, 7) is 5.05. The maximum absolute atomic E-state index is 11.7. The van der Waals surface area contributed by atoms with Gasteiger partial charge in [0.15, 0.2) is 34.3 Å². The van der Waals surface area contributed by atoms with Gasteiger partial charge in [0, 0.05) is 0 Å². The van der Waals surface area contributed by atoms with E-state index in [0.717, 1.165) is 0 Å². The van der Waals surface area contributed by atoms with Gasteiger partial charge in [-0.15, -0.1) is 0 Å². The SMILES string of the molecule is C[P+](=O)CC1OC[C@H](Cn2cnc3c(=O)[nH]c(N)nc32)O1.C[P+](=O)CC1OC[C@H](Cn2cnc3c(Cl)nc(N)nc32)O1. The van der Waals surface area contributed by atoms with Crippen molar-refractivity contribution in [2.24, 2.45) is 0 Å². The summed E-state index contributed by atoms with van der Waals surface area (Å²) in [6.07, 6.45) is 2.69. The second-order valence-corrected chi connectivity index (χ2v) is 13.2. The highest BCUT2D eigenvalue weighted by molar-refractivity contribution is 7.44. The van der Waals surface area contributed by atoms with E-state index in [0.29, 0.717) is 55.4 Å². The van der Waals surface area contributed by atoms with Crippen LogP contribution in [0.5, 0.6) is 0 Å². The molecule has 0 saturated carbocycles. The number of aromatic amines is 1. The first-order chi connectivity index (χ1) is 20.0. The van der Waals surface area contributed by atoms with E-state index in [-0.39, 0.29) is 40.3 Å². The molecule has 0 aliphatic carbocycles. The number of nitrogens with one attached hydrogen (secondary N) is 1. The lowest BCUT2D eigenvalue weighted by molar-refractivity contribution is -0.0419. The Hall–Kier alpha value is -3.17. The van der Waals surface area contributed by atoms with Gasteiger partial charge < -0.3 is 39.5 Å². The number of halogens is 1. The topological polar surface area (TPSA) is 230 Å². The minimum atomic E-state index is -1.31. The molecule has 6 rings (SSSR count). The molecular formula is C22H29ClN10O7P2+2. The van der Waals surface area contributed by atoms with Crippen LogP contribution in [0, 0.1) is 0 Å². The maximum Gasteiger partial charge on any atom is 0.340 e. The number of rotatable bonds is 8. The first-order valence-electron chi connectivity index (χ1n) is 12.7. The van der Waals surface area contributed by atoms with Crippen LogP contribution in [0.1, 0.15) is 0 Å². The molecule has 0 spiro atoms. The monoisotopic (exact) mass is 642 g/mol. The third-order valence-electron chi connectivity index (χ3n) is 6.17. The van der Waals surface area contributed by atoms with Crippen molar-refractivity contribution in [2.75, 3.05) is 50.3 Å². The molecule has 0 radical (unpaired) electrons. The van der Waals surface area contributed by atoms with Crippen molar-refractivity contribution >= 4 is 61.4 Å². The number of aromatic nitrogens is 8. The fourth-order valence-electron chi connectivity index (χ4n) is 4.42. The van der Waals surface area contributed by atoms with Crippen molar-refractivity contribution in [3.63, 3.8) is 0 Å². The molecule has 5 N–H and O–H groups in total. The van der Waals surface area contributed by atoms with Crippen molar-refractivity contribution in [3.8, 4) is 0 Å². The standard InChI is InChI=1S/C11H14ClN5O3P.C11H14N5O4P/c1-21(18)4-7-19-3-6(20-7)2-17-5-14-8-9(12)15-11(13)16-10(8)17;1-21(18)4-7-19-3-6(20-7)2-16-5-13-8-9(16)14-11(12)15-10(8)17/h5-7H,2-4H2,1H3,(H2,13,15,16);5-7H,2-4H2,1H3,(H2-,12,14,15,17)/q+1;/p+1/t2*6-,7?/m00/s1. The highest BCUT2D eigenvalue weighted by Crippen LogP contribution is 2.25. The highest BCUT2D eigenvalue weighted by atomic mass is 35.5. The van der Waals surface area contributed by atoms with E-state index in [9.17, 15) is 13.9 Å². The summed E-state index contributed by atoms with van der Waals surface area (Å²) in [5.41, 5.74) is 12.5. The van der Waals surface area contributed by atoms with E-state index >= 15 is 0 Å². The molecule has 0 amide bonds. The fourth-order valence-corrected chi connectivity index (χ4v) is 5.86. The number of nitrogen functional groups attached to an aromatic ring is 2. The van der Waals surface area contributed by atoms with Crippen LogP contribution in [0.4, 0.5) is 11.9 Å². The summed E-state index contributed by atoms with van der Waals surface area (Å²) < 4.78 is 48.1. The Kier molecular flexibility index (Phi) is 9.38. The Bertz CT molecular complexity index is 1680. The largest absolute Gasteiger partial charge is 0.369 e. The molecule has 4 aromatic heterocycles. The first-order valence-corrected chi connectivity index (χ1v) is 16.9. The lowest BCUT2D eigenvalue weighted by atomic mass is 10.4. The van der Waals surface area contributed by atoms with Crippen molar-refractivity contribution in [2.45, 2.75) is 37.9 Å². The molecule has 2 aliphatic heterocycles. The number of imidazole rings is 2. The van der Waals surface area contributed by atoms with E-state index in [4.69, 9.17) is 42.0 Å². The Morgan fingerprint density at radius 1 is 0.905 bits per heavy atom. The van der Waals surface area contributed by atoms with Crippen LogP contribution in [0.2, 0.25) is 5.15 Å². The lowest BCUT2D eigenvalue weighted by Gasteiger charge is -2.10. The number of ether oxygens (including phenoxy) is 4. The van der Waals surface area contributed by atoms with Crippen LogP contribution in [0.15, 0.2) is 17.4 Å². The Morgan fingerprint density at radius 2 is 1.43 bits per heavy atom. The maximum atomic E-state index is 11.7. The van der Waals surface area contributed by atoms with Gasteiger partial charge in [0.05, 0.1) is 39.0 Å². The molecule has 20 heteroatoms. The highest BCUT2D eigenvalue weighted by Gasteiger charge is 2.32. The predicted molar refractivity (Wildman–Crippen MR) is 153 cm³/mol. The zero-order valence-electron chi connectivity index (χ0n) is 22.6. The van der Waals surface area contributed by atoms with Crippen LogP contribution < -0.4 is 17.0 Å². The molecule has 42 heavy (non-hydrogen) atoms. The van der Waals surface area contributed by atoms with Crippen LogP contribution in [0.3, 0.4) is 0 Å². The summed E-state index contributed by atoms with van der Waals surface area (Å²) in [7, 11) is -2.60. The van der Waals surface area contributed by atoms with E-state index in [1.54, 1.807) is 28.8 Å². The van der Waals surface area contributed by atoms with Crippen molar-refractivity contribution in [1.82, 2.24) is 39.0 Å². The van der Waals surface area contributed by atoms with Gasteiger partial charge in [0.2, 0.25) is 24.5 Å². The van der Waals surface area contributed by atoms with E-state index in [1.807, 2.05) is 0 Å². The van der Waals surface area contributed by atoms with Gasteiger partial charge in [-0.25, -0.2) is 9.97 Å². The zero-order chi connectivity index (χ0) is 30.0. The lowest BCUT2D eigenvalue weighted by Crippen LogP contribution is -2.20. The Labute approximate surface area is 244 Å². The van der Waals surface area contributed by atoms with E-state index < -0.39 is 28.2 Å².